The van der Waals surface area contributed by atoms with E-state index in [-0.39, 0.29) is 0 Å². The standard InChI is InChI=1S/C35H32P2S2/c38-36(29-18-8-2-9-19-29,30-20-10-3-11-21-30)27-35(34-26-33(34)28-16-6-1-7-17-28)37(39,31-22-12-4-13-23-31)32-24-14-5-15-25-32/h1-25,33-35H,26-27H2/t33-,34+,35?/m1/s1. The van der Waals surface area contributed by atoms with Gasteiger partial charge in [-0.05, 0) is 51.2 Å². The second kappa shape index (κ2) is 11.5. The van der Waals surface area contributed by atoms with Crippen molar-refractivity contribution in [1.29, 1.82) is 0 Å². The lowest BCUT2D eigenvalue weighted by molar-refractivity contribution is 0.784. The van der Waals surface area contributed by atoms with Crippen LogP contribution in [0.15, 0.2) is 152 Å². The normalized spacial score (nSPS) is 17.8. The van der Waals surface area contributed by atoms with Crippen LogP contribution in [0.4, 0.5) is 0 Å². The third-order valence-corrected chi connectivity index (χ3v) is 19.0. The topological polar surface area (TPSA) is 0 Å². The number of hydrogen-bond donors (Lipinski definition) is 0. The predicted octanol–water partition coefficient (Wildman–Crippen LogP) is 7.42. The number of rotatable bonds is 9. The van der Waals surface area contributed by atoms with Crippen molar-refractivity contribution < 1.29 is 0 Å². The summed E-state index contributed by atoms with van der Waals surface area (Å²) in [6, 6.07) is 50.3. The second-order valence-electron chi connectivity index (χ2n) is 10.4. The third-order valence-electron chi connectivity index (χ3n) is 8.10. The predicted molar refractivity (Wildman–Crippen MR) is 179 cm³/mol. The van der Waals surface area contributed by atoms with Crippen molar-refractivity contribution in [2.24, 2.45) is 5.92 Å². The highest BCUT2D eigenvalue weighted by atomic mass is 32.4. The second-order valence-corrected chi connectivity index (χ2v) is 19.9. The molecule has 194 valence electrons. The molecule has 0 radical (unpaired) electrons. The Morgan fingerprint density at radius 3 is 1.28 bits per heavy atom. The van der Waals surface area contributed by atoms with Crippen LogP contribution >= 0.6 is 12.1 Å². The molecule has 0 spiro atoms. The Morgan fingerprint density at radius 1 is 0.513 bits per heavy atom. The Hall–Kier alpha value is -2.60. The lowest BCUT2D eigenvalue weighted by Gasteiger charge is -2.37. The van der Waals surface area contributed by atoms with E-state index in [0.717, 1.165) is 6.16 Å². The molecule has 1 aliphatic rings. The Balaban J connectivity index is 1.55. The van der Waals surface area contributed by atoms with Gasteiger partial charge < -0.3 is 0 Å². The smallest absolute Gasteiger partial charge is 0.0142 e. The molecule has 3 atom stereocenters. The van der Waals surface area contributed by atoms with Crippen molar-refractivity contribution in [2.75, 3.05) is 6.16 Å². The molecule has 39 heavy (non-hydrogen) atoms. The van der Waals surface area contributed by atoms with Crippen molar-refractivity contribution in [1.82, 2.24) is 0 Å². The van der Waals surface area contributed by atoms with Crippen LogP contribution in [-0.2, 0) is 23.6 Å². The van der Waals surface area contributed by atoms with Gasteiger partial charge in [0, 0.05) is 17.7 Å². The highest BCUT2D eigenvalue weighted by Gasteiger charge is 2.51. The molecular weight excluding hydrogens is 546 g/mol. The Kier molecular flexibility index (Phi) is 7.84. The molecule has 0 amide bonds. The van der Waals surface area contributed by atoms with Crippen LogP contribution in [0.25, 0.3) is 0 Å². The summed E-state index contributed by atoms with van der Waals surface area (Å²) in [4.78, 5) is 0. The Morgan fingerprint density at radius 2 is 0.872 bits per heavy atom. The van der Waals surface area contributed by atoms with E-state index in [4.69, 9.17) is 23.6 Å². The largest absolute Gasteiger partial charge is 0.0876 e. The van der Waals surface area contributed by atoms with Gasteiger partial charge in [0.2, 0.25) is 0 Å². The average molecular weight is 579 g/mol. The quantitative estimate of drug-likeness (QED) is 0.167. The monoisotopic (exact) mass is 578 g/mol. The van der Waals surface area contributed by atoms with Gasteiger partial charge in [-0.15, -0.1) is 0 Å². The van der Waals surface area contributed by atoms with Gasteiger partial charge >= 0.3 is 0 Å². The SMILES string of the molecule is S=P(CC([C@H]1C[C@@H]1c1ccccc1)P(=S)(c1ccccc1)c1ccccc1)(c1ccccc1)c1ccccc1. The maximum Gasteiger partial charge on any atom is 0.0142 e. The molecule has 0 bridgehead atoms. The first-order valence-corrected chi connectivity index (χ1v) is 19.4. The molecule has 1 aliphatic carbocycles. The van der Waals surface area contributed by atoms with Gasteiger partial charge in [0.25, 0.3) is 0 Å². The lowest BCUT2D eigenvalue weighted by Crippen LogP contribution is -2.33. The molecule has 1 saturated carbocycles. The van der Waals surface area contributed by atoms with Crippen LogP contribution < -0.4 is 21.2 Å². The van der Waals surface area contributed by atoms with Gasteiger partial charge in [-0.3, -0.25) is 0 Å². The van der Waals surface area contributed by atoms with E-state index < -0.39 is 12.1 Å². The van der Waals surface area contributed by atoms with Gasteiger partial charge in [0.05, 0.1) is 0 Å². The molecule has 5 aromatic rings. The van der Waals surface area contributed by atoms with E-state index in [1.165, 1.54) is 33.2 Å². The zero-order valence-electron chi connectivity index (χ0n) is 21.8. The van der Waals surface area contributed by atoms with Crippen LogP contribution in [0.3, 0.4) is 0 Å². The Labute approximate surface area is 243 Å². The molecule has 0 saturated heterocycles. The zero-order chi connectivity index (χ0) is 26.7. The molecule has 4 heteroatoms. The van der Waals surface area contributed by atoms with E-state index in [1.807, 2.05) is 0 Å². The van der Waals surface area contributed by atoms with Crippen LogP contribution in [0.2, 0.25) is 0 Å². The average Bonchev–Trinajstić information content (AvgIpc) is 3.82. The summed E-state index contributed by atoms with van der Waals surface area (Å²) in [6.45, 7) is 0. The summed E-state index contributed by atoms with van der Waals surface area (Å²) in [6.07, 6.45) is 2.11. The van der Waals surface area contributed by atoms with E-state index in [1.54, 1.807) is 0 Å². The summed E-state index contributed by atoms with van der Waals surface area (Å²) in [5, 5.41) is 5.18. The summed E-state index contributed by atoms with van der Waals surface area (Å²) in [5.74, 6) is 1.04. The van der Waals surface area contributed by atoms with Crippen LogP contribution in [0.1, 0.15) is 17.9 Å². The molecule has 1 fully saturated rings. The fourth-order valence-corrected chi connectivity index (χ4v) is 17.0. The molecule has 0 N–H and O–H groups in total. The maximum atomic E-state index is 7.03. The molecule has 1 unspecified atom stereocenters. The summed E-state index contributed by atoms with van der Waals surface area (Å²) in [5.41, 5.74) is 1.73. The molecule has 0 nitrogen and oxygen atoms in total. The fourth-order valence-electron chi connectivity index (χ4n) is 6.04. The summed E-state index contributed by atoms with van der Waals surface area (Å²) in [7, 11) is 0. The van der Waals surface area contributed by atoms with Crippen molar-refractivity contribution in [2.45, 2.75) is 18.0 Å². The van der Waals surface area contributed by atoms with E-state index in [0.29, 0.717) is 17.5 Å². The molecule has 0 aliphatic heterocycles. The van der Waals surface area contributed by atoms with E-state index >= 15 is 0 Å². The van der Waals surface area contributed by atoms with Crippen LogP contribution in [-0.4, -0.2) is 11.8 Å². The lowest BCUT2D eigenvalue weighted by atomic mass is 10.1. The fraction of sp³-hybridized carbons (Fsp3) is 0.143. The van der Waals surface area contributed by atoms with Gasteiger partial charge in [0.15, 0.2) is 0 Å². The van der Waals surface area contributed by atoms with Gasteiger partial charge in [-0.25, -0.2) is 0 Å². The summed E-state index contributed by atoms with van der Waals surface area (Å²) < 4.78 is 0. The van der Waals surface area contributed by atoms with Crippen molar-refractivity contribution in [3.8, 4) is 0 Å². The highest BCUT2D eigenvalue weighted by Crippen LogP contribution is 2.66. The molecule has 6 rings (SSSR count). The molecule has 0 heterocycles. The first-order valence-electron chi connectivity index (χ1n) is 13.6. The summed E-state index contributed by atoms with van der Waals surface area (Å²) >= 11 is 13.9. The van der Waals surface area contributed by atoms with Gasteiger partial charge in [0.1, 0.15) is 0 Å². The molecule has 5 aromatic carbocycles. The van der Waals surface area contributed by atoms with E-state index in [2.05, 4.69) is 152 Å². The van der Waals surface area contributed by atoms with Crippen LogP contribution in [0.5, 0.6) is 0 Å². The zero-order valence-corrected chi connectivity index (χ0v) is 25.2. The highest BCUT2D eigenvalue weighted by molar-refractivity contribution is 8.24. The van der Waals surface area contributed by atoms with Crippen molar-refractivity contribution >= 4 is 56.9 Å². The van der Waals surface area contributed by atoms with Crippen molar-refractivity contribution in [3.05, 3.63) is 157 Å². The van der Waals surface area contributed by atoms with Gasteiger partial charge in [-0.2, -0.15) is 0 Å². The van der Waals surface area contributed by atoms with Crippen molar-refractivity contribution in [3.63, 3.8) is 0 Å². The number of hydrogen-bond acceptors (Lipinski definition) is 2. The minimum absolute atomic E-state index is 0.300. The Bertz CT molecular complexity index is 1520. The minimum atomic E-state index is -2.23. The number of benzene rings is 5. The first kappa shape index (κ1) is 26.6. The molecular formula is C35H32P2S2. The van der Waals surface area contributed by atoms with E-state index in [9.17, 15) is 0 Å². The maximum absolute atomic E-state index is 7.03. The third kappa shape index (κ3) is 5.29. The first-order chi connectivity index (χ1) is 19.1. The van der Waals surface area contributed by atoms with Gasteiger partial charge in [-0.1, -0.05) is 175 Å². The minimum Gasteiger partial charge on any atom is -0.0876 e. The molecule has 0 aromatic heterocycles. The van der Waals surface area contributed by atoms with Crippen LogP contribution in [0, 0.1) is 5.92 Å².